The van der Waals surface area contributed by atoms with Gasteiger partial charge in [-0.05, 0) is 30.7 Å². The molecule has 0 bridgehead atoms. The molecule has 1 rings (SSSR count). The summed E-state index contributed by atoms with van der Waals surface area (Å²) in [5, 5.41) is 8.32. The molecule has 0 amide bonds. The van der Waals surface area contributed by atoms with Crippen molar-refractivity contribution >= 4 is 6.16 Å². The number of unbranched alkanes of at least 4 members (excludes halogenated alkanes) is 2. The number of carboxylic acid groups (broad SMARTS) is 1. The molecule has 1 atom stereocenters. The zero-order valence-corrected chi connectivity index (χ0v) is 11.0. The molecule has 1 aromatic rings. The van der Waals surface area contributed by atoms with Crippen LogP contribution in [-0.4, -0.2) is 17.9 Å². The van der Waals surface area contributed by atoms with Gasteiger partial charge >= 0.3 is 6.16 Å². The van der Waals surface area contributed by atoms with Gasteiger partial charge in [0.1, 0.15) is 0 Å². The van der Waals surface area contributed by atoms with Crippen LogP contribution in [0.15, 0.2) is 30.3 Å². The number of benzene rings is 1. The molecule has 1 aromatic carbocycles. The Morgan fingerprint density at radius 2 is 1.94 bits per heavy atom. The Hall–Kier alpha value is -1.51. The summed E-state index contributed by atoms with van der Waals surface area (Å²) in [6.45, 7) is 2.53. The van der Waals surface area contributed by atoms with Gasteiger partial charge in [-0.25, -0.2) is 4.79 Å². The number of rotatable bonds is 8. The third-order valence-corrected chi connectivity index (χ3v) is 3.19. The van der Waals surface area contributed by atoms with Crippen LogP contribution in [0, 0.1) is 0 Å². The molecule has 3 nitrogen and oxygen atoms in total. The standard InChI is InChI=1S/C15H22O3/c1-2-13(14-10-5-3-6-11-14)9-7-4-8-12-18-15(16)17/h3,5-6,10-11,13H,2,4,7-9,12H2,1H3,(H,16,17). The molecule has 0 aliphatic heterocycles. The highest BCUT2D eigenvalue weighted by Crippen LogP contribution is 2.25. The van der Waals surface area contributed by atoms with Crippen molar-refractivity contribution < 1.29 is 14.6 Å². The quantitative estimate of drug-likeness (QED) is 0.548. The second-order valence-corrected chi connectivity index (χ2v) is 4.48. The lowest BCUT2D eigenvalue weighted by atomic mass is 9.91. The first-order valence-corrected chi connectivity index (χ1v) is 6.64. The fourth-order valence-corrected chi connectivity index (χ4v) is 2.16. The Kier molecular flexibility index (Phi) is 6.92. The molecule has 0 spiro atoms. The SMILES string of the molecule is CCC(CCCCCOC(=O)O)c1ccccc1. The molecular weight excluding hydrogens is 228 g/mol. The van der Waals surface area contributed by atoms with Crippen LogP contribution >= 0.6 is 0 Å². The third-order valence-electron chi connectivity index (χ3n) is 3.19. The number of carbonyl (C=O) groups is 1. The Bertz CT molecular complexity index is 335. The molecule has 0 saturated carbocycles. The first kappa shape index (κ1) is 14.6. The topological polar surface area (TPSA) is 46.5 Å². The monoisotopic (exact) mass is 250 g/mol. The highest BCUT2D eigenvalue weighted by atomic mass is 16.7. The van der Waals surface area contributed by atoms with Crippen molar-refractivity contribution in [2.75, 3.05) is 6.61 Å². The molecule has 1 unspecified atom stereocenters. The van der Waals surface area contributed by atoms with Crippen LogP contribution in [0.1, 0.15) is 50.5 Å². The summed E-state index contributed by atoms with van der Waals surface area (Å²) in [7, 11) is 0. The lowest BCUT2D eigenvalue weighted by molar-refractivity contribution is 0.0899. The Morgan fingerprint density at radius 3 is 2.56 bits per heavy atom. The summed E-state index contributed by atoms with van der Waals surface area (Å²) in [4.78, 5) is 10.1. The second kappa shape index (κ2) is 8.56. The summed E-state index contributed by atoms with van der Waals surface area (Å²) in [5.41, 5.74) is 1.40. The fraction of sp³-hybridized carbons (Fsp3) is 0.533. The maximum atomic E-state index is 10.1. The predicted molar refractivity (Wildman–Crippen MR) is 71.9 cm³/mol. The van der Waals surface area contributed by atoms with E-state index in [4.69, 9.17) is 5.11 Å². The molecular formula is C15H22O3. The number of ether oxygens (including phenoxy) is 1. The Morgan fingerprint density at radius 1 is 1.22 bits per heavy atom. The zero-order valence-electron chi connectivity index (χ0n) is 11.0. The van der Waals surface area contributed by atoms with Crippen molar-refractivity contribution in [3.63, 3.8) is 0 Å². The van der Waals surface area contributed by atoms with Crippen molar-refractivity contribution in [2.24, 2.45) is 0 Å². The molecule has 3 heteroatoms. The average molecular weight is 250 g/mol. The van der Waals surface area contributed by atoms with Crippen molar-refractivity contribution in [1.29, 1.82) is 0 Å². The van der Waals surface area contributed by atoms with Gasteiger partial charge in [0.2, 0.25) is 0 Å². The van der Waals surface area contributed by atoms with Crippen LogP contribution in [-0.2, 0) is 4.74 Å². The maximum absolute atomic E-state index is 10.1. The minimum absolute atomic E-state index is 0.317. The molecule has 0 heterocycles. The molecule has 1 N–H and O–H groups in total. The van der Waals surface area contributed by atoms with Crippen LogP contribution in [0.4, 0.5) is 4.79 Å². The van der Waals surface area contributed by atoms with E-state index in [0.717, 1.165) is 32.1 Å². The molecule has 18 heavy (non-hydrogen) atoms. The Labute approximate surface area is 109 Å². The zero-order chi connectivity index (χ0) is 13.2. The Balaban J connectivity index is 2.19. The van der Waals surface area contributed by atoms with Gasteiger partial charge in [0.05, 0.1) is 6.61 Å². The highest BCUT2D eigenvalue weighted by Gasteiger charge is 2.08. The van der Waals surface area contributed by atoms with Gasteiger partial charge in [-0.1, -0.05) is 50.1 Å². The lowest BCUT2D eigenvalue weighted by Gasteiger charge is -2.14. The first-order chi connectivity index (χ1) is 8.74. The van der Waals surface area contributed by atoms with Crippen molar-refractivity contribution in [2.45, 2.75) is 44.9 Å². The van der Waals surface area contributed by atoms with Crippen LogP contribution in [0.5, 0.6) is 0 Å². The molecule has 0 fully saturated rings. The molecule has 0 radical (unpaired) electrons. The van der Waals surface area contributed by atoms with E-state index in [1.165, 1.54) is 5.56 Å². The van der Waals surface area contributed by atoms with Crippen LogP contribution in [0.3, 0.4) is 0 Å². The molecule has 0 aromatic heterocycles. The van der Waals surface area contributed by atoms with Gasteiger partial charge in [-0.15, -0.1) is 0 Å². The smallest absolute Gasteiger partial charge is 0.450 e. The second-order valence-electron chi connectivity index (χ2n) is 4.48. The van der Waals surface area contributed by atoms with Crippen molar-refractivity contribution in [3.05, 3.63) is 35.9 Å². The molecule has 100 valence electrons. The van der Waals surface area contributed by atoms with E-state index in [2.05, 4.69) is 35.9 Å². The first-order valence-electron chi connectivity index (χ1n) is 6.64. The number of hydrogen-bond donors (Lipinski definition) is 1. The summed E-state index contributed by atoms with van der Waals surface area (Å²) in [6, 6.07) is 10.6. The van der Waals surface area contributed by atoms with Gasteiger partial charge < -0.3 is 9.84 Å². The lowest BCUT2D eigenvalue weighted by Crippen LogP contribution is -2.02. The summed E-state index contributed by atoms with van der Waals surface area (Å²) in [5.74, 6) is 0.617. The van der Waals surface area contributed by atoms with E-state index in [0.29, 0.717) is 12.5 Å². The van der Waals surface area contributed by atoms with E-state index in [9.17, 15) is 4.79 Å². The van der Waals surface area contributed by atoms with Gasteiger partial charge in [-0.2, -0.15) is 0 Å². The maximum Gasteiger partial charge on any atom is 0.505 e. The van der Waals surface area contributed by atoms with E-state index in [-0.39, 0.29) is 0 Å². The summed E-state index contributed by atoms with van der Waals surface area (Å²) in [6.07, 6.45) is 4.10. The number of hydrogen-bond acceptors (Lipinski definition) is 2. The van der Waals surface area contributed by atoms with E-state index in [1.807, 2.05) is 6.07 Å². The van der Waals surface area contributed by atoms with E-state index in [1.54, 1.807) is 0 Å². The van der Waals surface area contributed by atoms with Gasteiger partial charge in [0.25, 0.3) is 0 Å². The fourth-order valence-electron chi connectivity index (χ4n) is 2.16. The molecule has 0 aliphatic rings. The van der Waals surface area contributed by atoms with E-state index >= 15 is 0 Å². The van der Waals surface area contributed by atoms with E-state index < -0.39 is 6.16 Å². The largest absolute Gasteiger partial charge is 0.505 e. The minimum atomic E-state index is -1.18. The normalized spacial score (nSPS) is 12.1. The minimum Gasteiger partial charge on any atom is -0.450 e. The van der Waals surface area contributed by atoms with Gasteiger partial charge in [0.15, 0.2) is 0 Å². The van der Waals surface area contributed by atoms with Crippen molar-refractivity contribution in [1.82, 2.24) is 0 Å². The average Bonchev–Trinajstić information content (AvgIpc) is 2.38. The third kappa shape index (κ3) is 5.71. The van der Waals surface area contributed by atoms with Crippen LogP contribution in [0.25, 0.3) is 0 Å². The van der Waals surface area contributed by atoms with Crippen molar-refractivity contribution in [3.8, 4) is 0 Å². The predicted octanol–water partition coefficient (Wildman–Crippen LogP) is 4.44. The molecule has 0 saturated heterocycles. The highest BCUT2D eigenvalue weighted by molar-refractivity contribution is 5.56. The van der Waals surface area contributed by atoms with Gasteiger partial charge in [-0.3, -0.25) is 0 Å². The van der Waals surface area contributed by atoms with Crippen LogP contribution < -0.4 is 0 Å². The van der Waals surface area contributed by atoms with Crippen LogP contribution in [0.2, 0.25) is 0 Å². The summed E-state index contributed by atoms with van der Waals surface area (Å²) >= 11 is 0. The summed E-state index contributed by atoms with van der Waals surface area (Å²) < 4.78 is 4.48. The molecule has 0 aliphatic carbocycles. The van der Waals surface area contributed by atoms with Gasteiger partial charge in [0, 0.05) is 0 Å².